The third kappa shape index (κ3) is 1.97. The zero-order valence-electron chi connectivity index (χ0n) is 8.25. The maximum Gasteiger partial charge on any atom is 0.123 e. The SMILES string of the molecule is Cc1c(-c2ccc(F)cc2)cc[nH]c1=S. The van der Waals surface area contributed by atoms with Gasteiger partial charge in [0.15, 0.2) is 0 Å². The standard InChI is InChI=1S/C12H10FNS/c1-8-11(6-7-14-12(8)15)9-2-4-10(13)5-3-9/h2-7H,1H3,(H,14,15). The van der Waals surface area contributed by atoms with Gasteiger partial charge in [0.1, 0.15) is 10.5 Å². The third-order valence-electron chi connectivity index (χ3n) is 2.36. The van der Waals surface area contributed by atoms with E-state index in [9.17, 15) is 4.39 Å². The number of pyridine rings is 1. The first-order chi connectivity index (χ1) is 7.18. The zero-order chi connectivity index (χ0) is 10.8. The van der Waals surface area contributed by atoms with Gasteiger partial charge in [-0.3, -0.25) is 0 Å². The number of rotatable bonds is 1. The fourth-order valence-corrected chi connectivity index (χ4v) is 1.68. The molecule has 0 saturated carbocycles. The Morgan fingerprint density at radius 2 is 1.80 bits per heavy atom. The van der Waals surface area contributed by atoms with Crippen LogP contribution in [0.25, 0.3) is 11.1 Å². The van der Waals surface area contributed by atoms with Crippen LogP contribution < -0.4 is 0 Å². The van der Waals surface area contributed by atoms with Gasteiger partial charge in [0, 0.05) is 6.20 Å². The van der Waals surface area contributed by atoms with Crippen LogP contribution in [0.15, 0.2) is 36.5 Å². The molecule has 76 valence electrons. The Morgan fingerprint density at radius 3 is 2.47 bits per heavy atom. The van der Waals surface area contributed by atoms with E-state index in [1.807, 2.05) is 13.0 Å². The van der Waals surface area contributed by atoms with Crippen molar-refractivity contribution < 1.29 is 4.39 Å². The van der Waals surface area contributed by atoms with Crippen molar-refractivity contribution in [2.45, 2.75) is 6.92 Å². The van der Waals surface area contributed by atoms with Gasteiger partial charge >= 0.3 is 0 Å². The number of hydrogen-bond donors (Lipinski definition) is 1. The van der Waals surface area contributed by atoms with Crippen molar-refractivity contribution in [1.29, 1.82) is 0 Å². The Labute approximate surface area is 92.6 Å². The molecule has 15 heavy (non-hydrogen) atoms. The Kier molecular flexibility index (Phi) is 2.64. The normalized spacial score (nSPS) is 10.3. The van der Waals surface area contributed by atoms with Gasteiger partial charge in [0.05, 0.1) is 0 Å². The highest BCUT2D eigenvalue weighted by Crippen LogP contribution is 2.22. The van der Waals surface area contributed by atoms with E-state index in [0.717, 1.165) is 21.3 Å². The summed E-state index contributed by atoms with van der Waals surface area (Å²) < 4.78 is 13.5. The molecule has 0 amide bonds. The summed E-state index contributed by atoms with van der Waals surface area (Å²) >= 11 is 5.14. The largest absolute Gasteiger partial charge is 0.353 e. The van der Waals surface area contributed by atoms with E-state index in [2.05, 4.69) is 4.98 Å². The summed E-state index contributed by atoms with van der Waals surface area (Å²) in [6.07, 6.45) is 1.80. The molecule has 0 unspecified atom stereocenters. The summed E-state index contributed by atoms with van der Waals surface area (Å²) in [7, 11) is 0. The lowest BCUT2D eigenvalue weighted by atomic mass is 10.0. The minimum atomic E-state index is -0.225. The number of halogens is 1. The predicted molar refractivity (Wildman–Crippen MR) is 61.8 cm³/mol. The van der Waals surface area contributed by atoms with Crippen molar-refractivity contribution in [3.05, 3.63) is 52.5 Å². The average molecular weight is 219 g/mol. The molecule has 0 bridgehead atoms. The van der Waals surface area contributed by atoms with Crippen LogP contribution in [0.4, 0.5) is 4.39 Å². The van der Waals surface area contributed by atoms with E-state index in [-0.39, 0.29) is 5.82 Å². The van der Waals surface area contributed by atoms with E-state index in [0.29, 0.717) is 0 Å². The molecule has 0 spiro atoms. The number of nitrogens with one attached hydrogen (secondary N) is 1. The van der Waals surface area contributed by atoms with Crippen LogP contribution in [0.1, 0.15) is 5.56 Å². The summed E-state index contributed by atoms with van der Waals surface area (Å²) in [5.41, 5.74) is 3.03. The van der Waals surface area contributed by atoms with E-state index in [1.54, 1.807) is 18.3 Å². The van der Waals surface area contributed by atoms with Crippen LogP contribution in [-0.4, -0.2) is 4.98 Å². The molecular formula is C12H10FNS. The molecule has 1 heterocycles. The van der Waals surface area contributed by atoms with Gasteiger partial charge in [-0.25, -0.2) is 4.39 Å². The number of benzene rings is 1. The second-order valence-corrected chi connectivity index (χ2v) is 3.76. The molecule has 3 heteroatoms. The molecule has 0 aliphatic carbocycles. The summed E-state index contributed by atoms with van der Waals surface area (Å²) in [5, 5.41) is 0. The van der Waals surface area contributed by atoms with E-state index in [1.165, 1.54) is 12.1 Å². The topological polar surface area (TPSA) is 15.8 Å². The van der Waals surface area contributed by atoms with Crippen molar-refractivity contribution >= 4 is 12.2 Å². The fraction of sp³-hybridized carbons (Fsp3) is 0.0833. The highest BCUT2D eigenvalue weighted by Gasteiger charge is 2.02. The van der Waals surface area contributed by atoms with Crippen LogP contribution in [0.5, 0.6) is 0 Å². The van der Waals surface area contributed by atoms with Crippen molar-refractivity contribution in [2.24, 2.45) is 0 Å². The lowest BCUT2D eigenvalue weighted by Crippen LogP contribution is -1.86. The molecule has 1 N–H and O–H groups in total. The van der Waals surface area contributed by atoms with Crippen LogP contribution in [0.2, 0.25) is 0 Å². The van der Waals surface area contributed by atoms with Gasteiger partial charge in [0.2, 0.25) is 0 Å². The molecule has 0 fully saturated rings. The zero-order valence-corrected chi connectivity index (χ0v) is 9.07. The second kappa shape index (κ2) is 3.95. The molecule has 0 aliphatic rings. The van der Waals surface area contributed by atoms with Gasteiger partial charge in [-0.05, 0) is 41.8 Å². The summed E-state index contributed by atoms with van der Waals surface area (Å²) in [6, 6.07) is 8.36. The molecule has 2 rings (SSSR count). The van der Waals surface area contributed by atoms with Crippen molar-refractivity contribution in [1.82, 2.24) is 4.98 Å². The molecule has 1 aromatic heterocycles. The van der Waals surface area contributed by atoms with Crippen LogP contribution in [0.3, 0.4) is 0 Å². The number of aromatic nitrogens is 1. The molecule has 1 aromatic carbocycles. The third-order valence-corrected chi connectivity index (χ3v) is 2.79. The molecular weight excluding hydrogens is 209 g/mol. The van der Waals surface area contributed by atoms with Gasteiger partial charge in [0.25, 0.3) is 0 Å². The van der Waals surface area contributed by atoms with Crippen molar-refractivity contribution in [2.75, 3.05) is 0 Å². The number of H-pyrrole nitrogens is 1. The van der Waals surface area contributed by atoms with Gasteiger partial charge in [-0.1, -0.05) is 24.4 Å². The summed E-state index contributed by atoms with van der Waals surface area (Å²) in [4.78, 5) is 2.96. The molecule has 0 atom stereocenters. The first-order valence-electron chi connectivity index (χ1n) is 4.63. The highest BCUT2D eigenvalue weighted by molar-refractivity contribution is 7.71. The Bertz CT molecular complexity index is 528. The van der Waals surface area contributed by atoms with Crippen LogP contribution >= 0.6 is 12.2 Å². The first kappa shape index (κ1) is 10.1. The maximum absolute atomic E-state index is 12.8. The van der Waals surface area contributed by atoms with Gasteiger partial charge in [-0.2, -0.15) is 0 Å². The predicted octanol–water partition coefficient (Wildman–Crippen LogP) is 3.86. The van der Waals surface area contributed by atoms with Gasteiger partial charge < -0.3 is 4.98 Å². The monoisotopic (exact) mass is 219 g/mol. The Morgan fingerprint density at radius 1 is 1.13 bits per heavy atom. The fourth-order valence-electron chi connectivity index (χ4n) is 1.50. The smallest absolute Gasteiger partial charge is 0.123 e. The first-order valence-corrected chi connectivity index (χ1v) is 5.03. The summed E-state index contributed by atoms with van der Waals surface area (Å²) in [5.74, 6) is -0.225. The summed E-state index contributed by atoms with van der Waals surface area (Å²) in [6.45, 7) is 1.96. The van der Waals surface area contributed by atoms with Crippen molar-refractivity contribution in [3.8, 4) is 11.1 Å². The van der Waals surface area contributed by atoms with E-state index < -0.39 is 0 Å². The lowest BCUT2D eigenvalue weighted by Gasteiger charge is -2.05. The molecule has 0 saturated heterocycles. The van der Waals surface area contributed by atoms with E-state index in [4.69, 9.17) is 12.2 Å². The quantitative estimate of drug-likeness (QED) is 0.720. The second-order valence-electron chi connectivity index (χ2n) is 3.35. The van der Waals surface area contributed by atoms with Crippen LogP contribution in [0, 0.1) is 17.4 Å². The minimum Gasteiger partial charge on any atom is -0.353 e. The van der Waals surface area contributed by atoms with Crippen LogP contribution in [-0.2, 0) is 0 Å². The van der Waals surface area contributed by atoms with E-state index >= 15 is 0 Å². The lowest BCUT2D eigenvalue weighted by molar-refractivity contribution is 0.628. The molecule has 0 radical (unpaired) electrons. The highest BCUT2D eigenvalue weighted by atomic mass is 32.1. The Balaban J connectivity index is 2.59. The average Bonchev–Trinajstić information content (AvgIpc) is 2.24. The molecule has 2 aromatic rings. The molecule has 0 aliphatic heterocycles. The number of aromatic amines is 1. The number of hydrogen-bond acceptors (Lipinski definition) is 1. The maximum atomic E-state index is 12.8. The Hall–Kier alpha value is -1.48. The minimum absolute atomic E-state index is 0.225. The molecule has 1 nitrogen and oxygen atoms in total. The van der Waals surface area contributed by atoms with Gasteiger partial charge in [-0.15, -0.1) is 0 Å². The van der Waals surface area contributed by atoms with Crippen molar-refractivity contribution in [3.63, 3.8) is 0 Å².